The molecule has 20 heavy (non-hydrogen) atoms. The van der Waals surface area contributed by atoms with Crippen molar-refractivity contribution >= 4 is 11.6 Å². The molecule has 3 nitrogen and oxygen atoms in total. The lowest BCUT2D eigenvalue weighted by Crippen LogP contribution is -2.30. The van der Waals surface area contributed by atoms with Gasteiger partial charge < -0.3 is 4.74 Å². The maximum atomic E-state index is 6.22. The van der Waals surface area contributed by atoms with Gasteiger partial charge in [0.05, 0.1) is 13.2 Å². The molecule has 0 bridgehead atoms. The van der Waals surface area contributed by atoms with Gasteiger partial charge >= 0.3 is 0 Å². The summed E-state index contributed by atoms with van der Waals surface area (Å²) in [7, 11) is 1.66. The second-order valence-corrected chi connectivity index (χ2v) is 5.17. The van der Waals surface area contributed by atoms with Crippen molar-refractivity contribution in [1.29, 1.82) is 0 Å². The van der Waals surface area contributed by atoms with E-state index in [1.165, 1.54) is 5.56 Å². The van der Waals surface area contributed by atoms with Crippen molar-refractivity contribution in [3.8, 4) is 5.75 Å². The first-order chi connectivity index (χ1) is 9.65. The number of hydrogen-bond donors (Lipinski definition) is 2. The van der Waals surface area contributed by atoms with Crippen LogP contribution < -0.4 is 16.0 Å². The molecule has 2 aromatic carbocycles. The molecule has 0 fully saturated rings. The standard InChI is InChI=1S/C16H19ClN2O/c1-11-7-8-16(20-2)13(9-11)15(19-18)10-12-5-3-4-6-14(12)17/h3-9,15,19H,10,18H2,1-2H3. The minimum absolute atomic E-state index is 0.0512. The van der Waals surface area contributed by atoms with Gasteiger partial charge in [-0.25, -0.2) is 0 Å². The summed E-state index contributed by atoms with van der Waals surface area (Å²) in [5.41, 5.74) is 6.12. The fourth-order valence-corrected chi connectivity index (χ4v) is 2.48. The van der Waals surface area contributed by atoms with Crippen LogP contribution >= 0.6 is 11.6 Å². The van der Waals surface area contributed by atoms with Crippen LogP contribution in [0.1, 0.15) is 22.7 Å². The van der Waals surface area contributed by atoms with Crippen LogP contribution in [0.2, 0.25) is 5.02 Å². The van der Waals surface area contributed by atoms with E-state index in [4.69, 9.17) is 22.2 Å². The van der Waals surface area contributed by atoms with E-state index < -0.39 is 0 Å². The lowest BCUT2D eigenvalue weighted by Gasteiger charge is -2.20. The predicted molar refractivity (Wildman–Crippen MR) is 83.0 cm³/mol. The van der Waals surface area contributed by atoms with Gasteiger partial charge in [-0.3, -0.25) is 11.3 Å². The van der Waals surface area contributed by atoms with E-state index >= 15 is 0 Å². The monoisotopic (exact) mass is 290 g/mol. The largest absolute Gasteiger partial charge is 0.496 e. The normalized spacial score (nSPS) is 12.2. The number of nitrogens with two attached hydrogens (primary N) is 1. The summed E-state index contributed by atoms with van der Waals surface area (Å²) in [6.45, 7) is 2.05. The molecule has 0 aliphatic rings. The highest BCUT2D eigenvalue weighted by Gasteiger charge is 2.16. The zero-order valence-corrected chi connectivity index (χ0v) is 12.4. The summed E-state index contributed by atoms with van der Waals surface area (Å²) in [5.74, 6) is 6.55. The molecule has 2 aromatic rings. The fourth-order valence-electron chi connectivity index (χ4n) is 2.27. The maximum absolute atomic E-state index is 6.22. The number of ether oxygens (including phenoxy) is 1. The average Bonchev–Trinajstić information content (AvgIpc) is 2.46. The van der Waals surface area contributed by atoms with Crippen LogP contribution in [0, 0.1) is 6.92 Å². The first kappa shape index (κ1) is 14.9. The fraction of sp³-hybridized carbons (Fsp3) is 0.250. The molecule has 0 amide bonds. The van der Waals surface area contributed by atoms with Gasteiger partial charge in [-0.05, 0) is 31.0 Å². The van der Waals surface area contributed by atoms with E-state index in [1.807, 2.05) is 43.3 Å². The van der Waals surface area contributed by atoms with Crippen LogP contribution in [-0.2, 0) is 6.42 Å². The number of aryl methyl sites for hydroxylation is 1. The molecule has 1 atom stereocenters. The Labute approximate surface area is 124 Å². The van der Waals surface area contributed by atoms with E-state index in [9.17, 15) is 0 Å². The molecular weight excluding hydrogens is 272 g/mol. The van der Waals surface area contributed by atoms with E-state index in [2.05, 4.69) is 11.5 Å². The Bertz CT molecular complexity index is 586. The van der Waals surface area contributed by atoms with Crippen LogP contribution in [-0.4, -0.2) is 7.11 Å². The molecule has 0 saturated heterocycles. The van der Waals surface area contributed by atoms with E-state index in [-0.39, 0.29) is 6.04 Å². The maximum Gasteiger partial charge on any atom is 0.123 e. The van der Waals surface area contributed by atoms with Crippen molar-refractivity contribution in [1.82, 2.24) is 5.43 Å². The summed E-state index contributed by atoms with van der Waals surface area (Å²) < 4.78 is 5.42. The Balaban J connectivity index is 2.33. The number of hydrazine groups is 1. The van der Waals surface area contributed by atoms with Crippen LogP contribution in [0.3, 0.4) is 0 Å². The first-order valence-electron chi connectivity index (χ1n) is 6.49. The van der Waals surface area contributed by atoms with Crippen molar-refractivity contribution in [3.05, 3.63) is 64.2 Å². The minimum Gasteiger partial charge on any atom is -0.496 e. The van der Waals surface area contributed by atoms with Crippen molar-refractivity contribution in [2.75, 3.05) is 7.11 Å². The molecule has 4 heteroatoms. The third kappa shape index (κ3) is 3.31. The van der Waals surface area contributed by atoms with Gasteiger partial charge in [0.2, 0.25) is 0 Å². The molecular formula is C16H19ClN2O. The third-order valence-electron chi connectivity index (χ3n) is 3.34. The van der Waals surface area contributed by atoms with Crippen molar-refractivity contribution in [3.63, 3.8) is 0 Å². The Hall–Kier alpha value is -1.55. The van der Waals surface area contributed by atoms with Crippen LogP contribution in [0.25, 0.3) is 0 Å². The van der Waals surface area contributed by atoms with Gasteiger partial charge in [0.25, 0.3) is 0 Å². The van der Waals surface area contributed by atoms with E-state index in [1.54, 1.807) is 7.11 Å². The van der Waals surface area contributed by atoms with Gasteiger partial charge in [-0.15, -0.1) is 0 Å². The average molecular weight is 291 g/mol. The number of halogens is 1. The highest BCUT2D eigenvalue weighted by atomic mass is 35.5. The van der Waals surface area contributed by atoms with Crippen LogP contribution in [0.5, 0.6) is 5.75 Å². The number of benzene rings is 2. The summed E-state index contributed by atoms with van der Waals surface area (Å²) in [4.78, 5) is 0. The van der Waals surface area contributed by atoms with Gasteiger partial charge in [-0.2, -0.15) is 0 Å². The minimum atomic E-state index is -0.0512. The number of rotatable bonds is 5. The lowest BCUT2D eigenvalue weighted by molar-refractivity contribution is 0.399. The molecule has 2 rings (SSSR count). The van der Waals surface area contributed by atoms with E-state index in [0.29, 0.717) is 6.42 Å². The highest BCUT2D eigenvalue weighted by molar-refractivity contribution is 6.31. The molecule has 0 aliphatic heterocycles. The number of nitrogens with one attached hydrogen (secondary N) is 1. The Kier molecular flexibility index (Phi) is 5.01. The summed E-state index contributed by atoms with van der Waals surface area (Å²) in [5, 5.41) is 0.749. The number of hydrogen-bond acceptors (Lipinski definition) is 3. The highest BCUT2D eigenvalue weighted by Crippen LogP contribution is 2.29. The van der Waals surface area contributed by atoms with Crippen molar-refractivity contribution < 1.29 is 4.74 Å². The molecule has 106 valence electrons. The molecule has 0 radical (unpaired) electrons. The SMILES string of the molecule is COc1ccc(C)cc1C(Cc1ccccc1Cl)NN. The van der Waals surface area contributed by atoms with Gasteiger partial charge in [0, 0.05) is 10.6 Å². The molecule has 0 heterocycles. The summed E-state index contributed by atoms with van der Waals surface area (Å²) in [6.07, 6.45) is 0.704. The van der Waals surface area contributed by atoms with Gasteiger partial charge in [0.15, 0.2) is 0 Å². The molecule has 0 spiro atoms. The smallest absolute Gasteiger partial charge is 0.123 e. The Morgan fingerprint density at radius 2 is 2.00 bits per heavy atom. The van der Waals surface area contributed by atoms with E-state index in [0.717, 1.165) is 21.9 Å². The number of methoxy groups -OCH3 is 1. The van der Waals surface area contributed by atoms with Crippen molar-refractivity contribution in [2.24, 2.45) is 5.84 Å². The summed E-state index contributed by atoms with van der Waals surface area (Å²) >= 11 is 6.22. The second kappa shape index (κ2) is 6.75. The zero-order valence-electron chi connectivity index (χ0n) is 11.7. The summed E-state index contributed by atoms with van der Waals surface area (Å²) in [6, 6.07) is 13.8. The van der Waals surface area contributed by atoms with Crippen molar-refractivity contribution in [2.45, 2.75) is 19.4 Å². The van der Waals surface area contributed by atoms with Crippen LogP contribution in [0.15, 0.2) is 42.5 Å². The zero-order chi connectivity index (χ0) is 14.5. The van der Waals surface area contributed by atoms with Crippen LogP contribution in [0.4, 0.5) is 0 Å². The Morgan fingerprint density at radius 3 is 2.65 bits per heavy atom. The van der Waals surface area contributed by atoms with Gasteiger partial charge in [0.1, 0.15) is 5.75 Å². The molecule has 0 aliphatic carbocycles. The topological polar surface area (TPSA) is 47.3 Å². The third-order valence-corrected chi connectivity index (χ3v) is 3.71. The van der Waals surface area contributed by atoms with Gasteiger partial charge in [-0.1, -0.05) is 47.5 Å². The first-order valence-corrected chi connectivity index (χ1v) is 6.87. The molecule has 1 unspecified atom stereocenters. The molecule has 3 N–H and O–H groups in total. The molecule has 0 aromatic heterocycles. The lowest BCUT2D eigenvalue weighted by atomic mass is 9.97. The predicted octanol–water partition coefficient (Wildman–Crippen LogP) is 3.40. The quantitative estimate of drug-likeness (QED) is 0.655. The molecule has 0 saturated carbocycles. The second-order valence-electron chi connectivity index (χ2n) is 4.76. The Morgan fingerprint density at radius 1 is 1.25 bits per heavy atom.